The van der Waals surface area contributed by atoms with Gasteiger partial charge in [-0.2, -0.15) is 0 Å². The average molecular weight is 830 g/mol. The summed E-state index contributed by atoms with van der Waals surface area (Å²) in [5.74, 6) is -2.58. The highest BCUT2D eigenvalue weighted by atomic mass is 32.2. The lowest BCUT2D eigenvalue weighted by Crippen LogP contribution is -2.60. The van der Waals surface area contributed by atoms with Crippen molar-refractivity contribution < 1.29 is 67.2 Å². The van der Waals surface area contributed by atoms with Crippen LogP contribution >= 0.6 is 0 Å². The van der Waals surface area contributed by atoms with E-state index in [-0.39, 0.29) is 37.3 Å². The Hall–Kier alpha value is -1.10. The fraction of sp³-hybridized carbons (Fsp3) is 0.974. The van der Waals surface area contributed by atoms with Crippen LogP contribution in [0.1, 0.15) is 94.9 Å². The van der Waals surface area contributed by atoms with Crippen LogP contribution in [0.3, 0.4) is 0 Å². The Balaban J connectivity index is 0.00000258. The molecule has 7 N–H and O–H groups in total. The zero-order chi connectivity index (χ0) is 43.2. The van der Waals surface area contributed by atoms with Gasteiger partial charge >= 0.3 is 5.97 Å². The number of rotatable bonds is 7. The molecule has 0 radical (unpaired) electrons. The van der Waals surface area contributed by atoms with Crippen molar-refractivity contribution in [3.05, 3.63) is 0 Å². The first kappa shape index (κ1) is 51.0. The third-order valence-corrected chi connectivity index (χ3v) is 12.2. The van der Waals surface area contributed by atoms with Crippen LogP contribution in [0.2, 0.25) is 0 Å². The van der Waals surface area contributed by atoms with Crippen molar-refractivity contribution in [2.75, 3.05) is 34.8 Å². The molecule has 0 aliphatic carbocycles. The lowest BCUT2D eigenvalue weighted by molar-refractivity contribution is -0.318. The van der Waals surface area contributed by atoms with Crippen molar-refractivity contribution in [2.45, 2.75) is 185 Å². The Morgan fingerprint density at radius 1 is 0.964 bits per heavy atom. The molecule has 0 spiro atoms. The number of cyclic esters (lactones) is 1. The van der Waals surface area contributed by atoms with E-state index in [4.69, 9.17) is 36.8 Å². The summed E-state index contributed by atoms with van der Waals surface area (Å²) in [6.07, 6.45) is -8.19. The number of nitrogens with zero attached hydrogens (tertiary/aromatic N) is 2. The van der Waals surface area contributed by atoms with Crippen molar-refractivity contribution in [3.8, 4) is 0 Å². The minimum Gasteiger partial charge on any atom is -0.459 e. The Labute approximate surface area is 336 Å². The maximum Gasteiger partial charge on any atom is 0.311 e. The van der Waals surface area contributed by atoms with E-state index < -0.39 is 107 Å². The van der Waals surface area contributed by atoms with Crippen molar-refractivity contribution in [1.29, 1.82) is 0 Å². The highest BCUT2D eigenvalue weighted by molar-refractivity contribution is 7.69. The number of ether oxygens (including phenoxy) is 6. The highest BCUT2D eigenvalue weighted by Crippen LogP contribution is 2.40. The maximum atomic E-state index is 14.2. The Bertz CT molecular complexity index is 1300. The average Bonchev–Trinajstić information content (AvgIpc) is 3.09. The van der Waals surface area contributed by atoms with E-state index in [1.165, 1.54) is 14.0 Å². The Morgan fingerprint density at radius 3 is 2.05 bits per heavy atom. The van der Waals surface area contributed by atoms with E-state index in [0.29, 0.717) is 13.0 Å². The van der Waals surface area contributed by atoms with E-state index >= 15 is 0 Å². The second-order valence-electron chi connectivity index (χ2n) is 17.5. The molecule has 0 unspecified atom stereocenters. The number of carbonyl (C=O) groups excluding carboxylic acids is 1. The zero-order valence-electron chi connectivity index (χ0n) is 36.0. The highest BCUT2D eigenvalue weighted by Gasteiger charge is 2.52. The molecule has 18 atom stereocenters. The molecule has 3 aliphatic rings. The normalized spacial score (nSPS) is 46.7. The fourth-order valence-corrected chi connectivity index (χ4v) is 8.74. The van der Waals surface area contributed by atoms with Crippen LogP contribution < -0.4 is 5.14 Å². The molecule has 3 saturated heterocycles. The smallest absolute Gasteiger partial charge is 0.311 e. The van der Waals surface area contributed by atoms with E-state index in [9.17, 15) is 30.3 Å². The molecule has 332 valence electrons. The summed E-state index contributed by atoms with van der Waals surface area (Å²) in [7, 11) is 4.50. The van der Waals surface area contributed by atoms with Gasteiger partial charge in [-0.15, -0.1) is 0 Å². The topological polar surface area (TPSA) is 240 Å². The third-order valence-electron chi connectivity index (χ3n) is 12.2. The summed E-state index contributed by atoms with van der Waals surface area (Å²) in [5, 5.41) is 62.2. The molecular formula is C38H75N3O14S. The number of nitrogens with two attached hydrogens (primary N) is 1. The lowest BCUT2D eigenvalue weighted by atomic mass is 9.77. The third kappa shape index (κ3) is 12.7. The van der Waals surface area contributed by atoms with E-state index in [1.54, 1.807) is 41.5 Å². The van der Waals surface area contributed by atoms with E-state index in [1.807, 2.05) is 51.7 Å². The van der Waals surface area contributed by atoms with Gasteiger partial charge < -0.3 is 63.8 Å². The van der Waals surface area contributed by atoms with Crippen LogP contribution in [-0.2, 0) is 44.1 Å². The summed E-state index contributed by atoms with van der Waals surface area (Å²) in [5.41, 5.74) is -4.37. The predicted octanol–water partition coefficient (Wildman–Crippen LogP) is 0.372. The maximum absolute atomic E-state index is 14.2. The van der Waals surface area contributed by atoms with Gasteiger partial charge in [0, 0.05) is 38.1 Å². The molecule has 0 saturated carbocycles. The molecule has 3 fully saturated rings. The summed E-state index contributed by atoms with van der Waals surface area (Å²) < 4.78 is 55.2. The van der Waals surface area contributed by atoms with Crippen LogP contribution in [0.4, 0.5) is 0 Å². The molecule has 0 aromatic rings. The molecule has 3 heterocycles. The fourth-order valence-electron chi connectivity index (χ4n) is 8.74. The molecule has 0 aromatic heterocycles. The summed E-state index contributed by atoms with van der Waals surface area (Å²) >= 11 is 0. The Morgan fingerprint density at radius 2 is 1.54 bits per heavy atom. The zero-order valence-corrected chi connectivity index (χ0v) is 36.9. The SMILES string of the molecule is CC[C@H]1OC(=O)[C@H](C)[C@@H](O[C@H]2C[C@@](C)(OC)[C@@H](O)[C@H](C)O2)[C@H](C)[C@@H](O[C@@H]2O[C@H](C)C[C@H](N(C)C)[C@H]2O)[C@](C)(O)C[C@@H](C)CN(C)[C@H](C)[C@@H](O)[C@]1(C)O.N[SH](=O)=O. The molecular weight excluding hydrogens is 754 g/mol. The van der Waals surface area contributed by atoms with Crippen LogP contribution in [0, 0.1) is 17.8 Å². The number of aliphatic hydroxyl groups is 5. The molecule has 0 bridgehead atoms. The number of esters is 1. The number of hydrogen-bond acceptors (Lipinski definition) is 16. The van der Waals surface area contributed by atoms with Crippen LogP contribution in [0.15, 0.2) is 0 Å². The molecule has 0 aromatic carbocycles. The summed E-state index contributed by atoms with van der Waals surface area (Å²) in [4.78, 5) is 18.0. The van der Waals surface area contributed by atoms with Crippen molar-refractivity contribution >= 4 is 16.9 Å². The number of thiol groups is 1. The molecule has 0 amide bonds. The number of likely N-dealkylation sites (N-methyl/N-ethyl adjacent to an activating group) is 2. The van der Waals surface area contributed by atoms with Gasteiger partial charge in [0.2, 0.25) is 0 Å². The van der Waals surface area contributed by atoms with Gasteiger partial charge in [0.05, 0.1) is 41.5 Å². The molecule has 3 rings (SSSR count). The van der Waals surface area contributed by atoms with Crippen LogP contribution in [0.25, 0.3) is 0 Å². The number of hydrogen-bond donors (Lipinski definition) is 7. The lowest BCUT2D eigenvalue weighted by Gasteiger charge is -2.48. The first-order valence-corrected chi connectivity index (χ1v) is 21.0. The number of methoxy groups -OCH3 is 1. The van der Waals surface area contributed by atoms with Gasteiger partial charge in [0.25, 0.3) is 0 Å². The second kappa shape index (κ2) is 20.9. The Kier molecular flexibility index (Phi) is 19.1. The second-order valence-corrected chi connectivity index (χ2v) is 18.0. The van der Waals surface area contributed by atoms with Gasteiger partial charge in [0.15, 0.2) is 23.5 Å². The van der Waals surface area contributed by atoms with Crippen molar-refractivity contribution in [3.63, 3.8) is 0 Å². The largest absolute Gasteiger partial charge is 0.459 e. The van der Waals surface area contributed by atoms with E-state index in [0.717, 1.165) is 0 Å². The predicted molar refractivity (Wildman–Crippen MR) is 209 cm³/mol. The standard InChI is InChI=1S/C38H72N2O12.H3NO2S/c1-15-27-38(10,46)31(42)24(6)40(13)19-20(2)17-36(8,45)33(52-35-29(41)26(39(11)12)16-21(3)48-35)22(4)30(23(5)34(44)50-27)51-28-18-37(9,47-14)32(43)25(7)49-28;1-4(2)3/h20-33,35,41-43,45-46H,15-19H2,1-14H3;4H,(H2,1,2,3)/t20-,21-,22+,23-,24-,25+,26+,27-,28+,29-,30+,31-,32+,33-,35+,36-,37-,38-;/m1./s1. The van der Waals surface area contributed by atoms with Gasteiger partial charge in [-0.25, -0.2) is 13.6 Å². The van der Waals surface area contributed by atoms with Crippen LogP contribution in [-0.4, -0.2) is 175 Å². The quantitative estimate of drug-likeness (QED) is 0.136. The molecule has 56 heavy (non-hydrogen) atoms. The summed E-state index contributed by atoms with van der Waals surface area (Å²) in [6.45, 7) is 18.0. The first-order chi connectivity index (χ1) is 25.6. The van der Waals surface area contributed by atoms with Gasteiger partial charge in [-0.05, 0) is 94.8 Å². The van der Waals surface area contributed by atoms with Crippen molar-refractivity contribution in [1.82, 2.24) is 9.80 Å². The first-order valence-electron chi connectivity index (χ1n) is 19.8. The monoisotopic (exact) mass is 829 g/mol. The minimum absolute atomic E-state index is 0.133. The van der Waals surface area contributed by atoms with Gasteiger partial charge in [0.1, 0.15) is 30.0 Å². The number of aliphatic hydroxyl groups excluding tert-OH is 3. The van der Waals surface area contributed by atoms with E-state index in [2.05, 4.69) is 5.14 Å². The van der Waals surface area contributed by atoms with Crippen molar-refractivity contribution in [2.24, 2.45) is 22.9 Å². The molecule has 17 nitrogen and oxygen atoms in total. The van der Waals surface area contributed by atoms with Gasteiger partial charge in [-0.3, -0.25) is 4.79 Å². The summed E-state index contributed by atoms with van der Waals surface area (Å²) in [6, 6.07) is -0.808. The minimum atomic E-state index is -2.62. The number of carbonyl (C=O) groups is 1. The molecule has 18 heteroatoms. The molecule has 3 aliphatic heterocycles. The van der Waals surface area contributed by atoms with Gasteiger partial charge in [-0.1, -0.05) is 20.8 Å². The van der Waals surface area contributed by atoms with Crippen LogP contribution in [0.5, 0.6) is 0 Å².